The molecule has 6 nitrogen and oxygen atoms in total. The first-order valence-corrected chi connectivity index (χ1v) is 7.61. The average molecular weight is 313 g/mol. The van der Waals surface area contributed by atoms with E-state index in [1.54, 1.807) is 4.90 Å². The largest absolute Gasteiger partial charge is 0.491 e. The summed E-state index contributed by atoms with van der Waals surface area (Å²) >= 11 is 0. The highest BCUT2D eigenvalue weighted by atomic mass is 16.5. The Labute approximate surface area is 134 Å². The fourth-order valence-electron chi connectivity index (χ4n) is 2.73. The fraction of sp³-hybridized carbons (Fsp3) is 0.353. The Morgan fingerprint density at radius 3 is 2.74 bits per heavy atom. The third-order valence-corrected chi connectivity index (χ3v) is 3.90. The number of ether oxygens (including phenoxy) is 1. The van der Waals surface area contributed by atoms with Gasteiger partial charge in [-0.25, -0.2) is 9.97 Å². The third-order valence-electron chi connectivity index (χ3n) is 3.90. The summed E-state index contributed by atoms with van der Waals surface area (Å²) in [6.07, 6.45) is 5.70. The van der Waals surface area contributed by atoms with Crippen LogP contribution >= 0.6 is 0 Å². The summed E-state index contributed by atoms with van der Waals surface area (Å²) in [7, 11) is 0. The van der Waals surface area contributed by atoms with Gasteiger partial charge in [-0.2, -0.15) is 0 Å². The van der Waals surface area contributed by atoms with Crippen LogP contribution < -0.4 is 4.74 Å². The number of para-hydroxylation sites is 1. The number of piperidine rings is 1. The molecule has 120 valence electrons. The van der Waals surface area contributed by atoms with Gasteiger partial charge in [0.05, 0.1) is 12.1 Å². The molecule has 1 saturated heterocycles. The van der Waals surface area contributed by atoms with Crippen LogP contribution in [0.4, 0.5) is 0 Å². The number of nitrogens with zero attached hydrogens (tertiary/aromatic N) is 3. The minimum absolute atomic E-state index is 0.159. The Kier molecular flexibility index (Phi) is 4.52. The molecule has 0 bridgehead atoms. The molecule has 2 heterocycles. The summed E-state index contributed by atoms with van der Waals surface area (Å²) in [6, 6.07) is 9.36. The summed E-state index contributed by atoms with van der Waals surface area (Å²) in [6.45, 7) is 1.01. The Morgan fingerprint density at radius 1 is 1.26 bits per heavy atom. The molecule has 1 aromatic heterocycles. The van der Waals surface area contributed by atoms with E-state index < -0.39 is 5.60 Å². The van der Waals surface area contributed by atoms with Crippen molar-refractivity contribution in [3.63, 3.8) is 0 Å². The molecule has 1 N–H and O–H groups in total. The zero-order valence-electron chi connectivity index (χ0n) is 12.8. The van der Waals surface area contributed by atoms with Crippen molar-refractivity contribution in [1.82, 2.24) is 14.9 Å². The normalized spacial score (nSPS) is 21.0. The zero-order valence-corrected chi connectivity index (χ0v) is 12.8. The van der Waals surface area contributed by atoms with Crippen LogP contribution in [0.3, 0.4) is 0 Å². The fourth-order valence-corrected chi connectivity index (χ4v) is 2.73. The molecule has 0 saturated carbocycles. The molecular formula is C17H19N3O3. The molecule has 0 radical (unpaired) electrons. The second-order valence-corrected chi connectivity index (χ2v) is 5.78. The van der Waals surface area contributed by atoms with Gasteiger partial charge in [0.25, 0.3) is 5.91 Å². The Balaban J connectivity index is 1.64. The van der Waals surface area contributed by atoms with Gasteiger partial charge in [-0.05, 0) is 25.0 Å². The average Bonchev–Trinajstić information content (AvgIpc) is 2.61. The van der Waals surface area contributed by atoms with E-state index >= 15 is 0 Å². The summed E-state index contributed by atoms with van der Waals surface area (Å²) < 4.78 is 5.67. The summed E-state index contributed by atoms with van der Waals surface area (Å²) in [4.78, 5) is 21.8. The van der Waals surface area contributed by atoms with Gasteiger partial charge in [0.1, 0.15) is 24.3 Å². The molecule has 1 aliphatic heterocycles. The monoisotopic (exact) mass is 313 g/mol. The van der Waals surface area contributed by atoms with Crippen LogP contribution in [-0.4, -0.2) is 51.2 Å². The topological polar surface area (TPSA) is 75.6 Å². The number of β-amino-alcohol motifs (C(OH)–C–C–N with tert-alkyl or cyclic N) is 1. The van der Waals surface area contributed by atoms with Gasteiger partial charge in [0, 0.05) is 18.9 Å². The molecule has 3 rings (SSSR count). The molecule has 1 amide bonds. The SMILES string of the molecule is O=C(c1cncnc1)N1CCCC(O)(COc2ccccc2)C1. The maximum Gasteiger partial charge on any atom is 0.257 e. The Morgan fingerprint density at radius 2 is 2.00 bits per heavy atom. The quantitative estimate of drug-likeness (QED) is 0.926. The number of rotatable bonds is 4. The lowest BCUT2D eigenvalue weighted by Gasteiger charge is -2.38. The first kappa shape index (κ1) is 15.4. The maximum absolute atomic E-state index is 12.5. The van der Waals surface area contributed by atoms with Gasteiger partial charge >= 0.3 is 0 Å². The van der Waals surface area contributed by atoms with Crippen molar-refractivity contribution in [1.29, 1.82) is 0 Å². The molecule has 0 spiro atoms. The highest BCUT2D eigenvalue weighted by Gasteiger charge is 2.36. The third kappa shape index (κ3) is 3.84. The molecular weight excluding hydrogens is 294 g/mol. The minimum Gasteiger partial charge on any atom is -0.491 e. The van der Waals surface area contributed by atoms with E-state index in [9.17, 15) is 9.90 Å². The van der Waals surface area contributed by atoms with Gasteiger partial charge in [-0.3, -0.25) is 4.79 Å². The number of aromatic nitrogens is 2. The maximum atomic E-state index is 12.5. The van der Waals surface area contributed by atoms with Gasteiger partial charge in [0.2, 0.25) is 0 Å². The van der Waals surface area contributed by atoms with Gasteiger partial charge in [-0.1, -0.05) is 18.2 Å². The van der Waals surface area contributed by atoms with Crippen LogP contribution in [-0.2, 0) is 0 Å². The van der Waals surface area contributed by atoms with Crippen LogP contribution in [0.15, 0.2) is 49.1 Å². The molecule has 1 aromatic carbocycles. The summed E-state index contributed by atoms with van der Waals surface area (Å²) in [5.74, 6) is 0.546. The molecule has 2 aromatic rings. The molecule has 0 aliphatic carbocycles. The zero-order chi connectivity index (χ0) is 16.1. The van der Waals surface area contributed by atoms with Crippen molar-refractivity contribution in [2.75, 3.05) is 19.7 Å². The van der Waals surface area contributed by atoms with Crippen molar-refractivity contribution in [3.8, 4) is 5.75 Å². The van der Waals surface area contributed by atoms with Gasteiger partial charge in [-0.15, -0.1) is 0 Å². The number of hydrogen-bond donors (Lipinski definition) is 1. The number of amides is 1. The predicted molar refractivity (Wildman–Crippen MR) is 84.1 cm³/mol. The summed E-state index contributed by atoms with van der Waals surface area (Å²) in [5, 5.41) is 10.7. The van der Waals surface area contributed by atoms with E-state index in [1.807, 2.05) is 30.3 Å². The first-order valence-electron chi connectivity index (χ1n) is 7.61. The Hall–Kier alpha value is -2.47. The second kappa shape index (κ2) is 6.75. The van der Waals surface area contributed by atoms with Crippen molar-refractivity contribution >= 4 is 5.91 Å². The molecule has 6 heteroatoms. The predicted octanol–water partition coefficient (Wildman–Crippen LogP) is 1.52. The van der Waals surface area contributed by atoms with Crippen molar-refractivity contribution in [3.05, 3.63) is 54.6 Å². The minimum atomic E-state index is -1.04. The van der Waals surface area contributed by atoms with E-state index in [4.69, 9.17) is 4.74 Å². The summed E-state index contributed by atoms with van der Waals surface area (Å²) in [5.41, 5.74) is -0.611. The highest BCUT2D eigenvalue weighted by Crippen LogP contribution is 2.24. The van der Waals surface area contributed by atoms with E-state index in [1.165, 1.54) is 18.7 Å². The first-order chi connectivity index (χ1) is 11.2. The van der Waals surface area contributed by atoms with E-state index in [-0.39, 0.29) is 19.1 Å². The Bertz CT molecular complexity index is 651. The highest BCUT2D eigenvalue weighted by molar-refractivity contribution is 5.93. The van der Waals surface area contributed by atoms with Crippen LogP contribution in [0, 0.1) is 0 Å². The van der Waals surface area contributed by atoms with E-state index in [2.05, 4.69) is 9.97 Å². The molecule has 23 heavy (non-hydrogen) atoms. The molecule has 1 fully saturated rings. The smallest absolute Gasteiger partial charge is 0.257 e. The van der Waals surface area contributed by atoms with Crippen molar-refractivity contribution < 1.29 is 14.6 Å². The number of carbonyl (C=O) groups is 1. The van der Waals surface area contributed by atoms with Gasteiger partial charge in [0.15, 0.2) is 0 Å². The van der Waals surface area contributed by atoms with Crippen molar-refractivity contribution in [2.24, 2.45) is 0 Å². The number of hydrogen-bond acceptors (Lipinski definition) is 5. The lowest BCUT2D eigenvalue weighted by atomic mass is 9.93. The molecule has 1 aliphatic rings. The van der Waals surface area contributed by atoms with Crippen LogP contribution in [0.25, 0.3) is 0 Å². The van der Waals surface area contributed by atoms with E-state index in [0.29, 0.717) is 24.3 Å². The molecule has 1 atom stereocenters. The lowest BCUT2D eigenvalue weighted by molar-refractivity contribution is -0.0532. The van der Waals surface area contributed by atoms with Crippen LogP contribution in [0.1, 0.15) is 23.2 Å². The number of aliphatic hydroxyl groups is 1. The number of carbonyl (C=O) groups excluding carboxylic acids is 1. The number of benzene rings is 1. The number of likely N-dealkylation sites (tertiary alicyclic amines) is 1. The van der Waals surface area contributed by atoms with Crippen molar-refractivity contribution in [2.45, 2.75) is 18.4 Å². The van der Waals surface area contributed by atoms with Crippen LogP contribution in [0.2, 0.25) is 0 Å². The van der Waals surface area contributed by atoms with Gasteiger partial charge < -0.3 is 14.7 Å². The second-order valence-electron chi connectivity index (χ2n) is 5.78. The lowest BCUT2D eigenvalue weighted by Crippen LogP contribution is -2.53. The standard InChI is InChI=1S/C17H19N3O3/c21-16(14-9-18-13-19-10-14)20-8-4-7-17(22,11-20)12-23-15-5-2-1-3-6-15/h1-3,5-6,9-10,13,22H,4,7-8,11-12H2. The van der Waals surface area contributed by atoms with E-state index in [0.717, 1.165) is 6.42 Å². The van der Waals surface area contributed by atoms with Crippen LogP contribution in [0.5, 0.6) is 5.75 Å². The molecule has 1 unspecified atom stereocenters.